The van der Waals surface area contributed by atoms with E-state index < -0.39 is 49.5 Å². The number of ether oxygens (including phenoxy) is 2. The maximum Gasteiger partial charge on any atom is 0.220 e. The molecule has 6 N–H and O–H groups in total. The zero-order chi connectivity index (χ0) is 49.4. The number of rotatable bonds is 51. The molecule has 0 bridgehead atoms. The van der Waals surface area contributed by atoms with E-state index in [1.807, 2.05) is 6.08 Å². The molecule has 1 rings (SSSR count). The molecule has 9 heteroatoms. The number of aliphatic hydroxyl groups excluding tert-OH is 5. The summed E-state index contributed by atoms with van der Waals surface area (Å²) in [7, 11) is 0. The Hall–Kier alpha value is -1.33. The number of allylic oxidation sites excluding steroid dienone is 3. The highest BCUT2D eigenvalue weighted by Gasteiger charge is 2.44. The Bertz CT molecular complexity index is 1120. The Morgan fingerprint density at radius 2 is 0.824 bits per heavy atom. The predicted octanol–water partition coefficient (Wildman–Crippen LogP) is 14.6. The van der Waals surface area contributed by atoms with Gasteiger partial charge in [0.25, 0.3) is 0 Å². The van der Waals surface area contributed by atoms with Crippen LogP contribution in [-0.2, 0) is 14.3 Å². The van der Waals surface area contributed by atoms with Gasteiger partial charge in [0.15, 0.2) is 6.29 Å². The minimum atomic E-state index is -1.57. The zero-order valence-corrected chi connectivity index (χ0v) is 44.6. The first kappa shape index (κ1) is 64.7. The molecule has 1 heterocycles. The van der Waals surface area contributed by atoms with Crippen LogP contribution in [0.25, 0.3) is 0 Å². The van der Waals surface area contributed by atoms with Crippen molar-refractivity contribution in [1.82, 2.24) is 5.32 Å². The summed E-state index contributed by atoms with van der Waals surface area (Å²) in [5.41, 5.74) is 0. The molecule has 1 fully saturated rings. The second-order valence-corrected chi connectivity index (χ2v) is 20.8. The van der Waals surface area contributed by atoms with Gasteiger partial charge >= 0.3 is 0 Å². The number of hydrogen-bond acceptors (Lipinski definition) is 8. The molecule has 68 heavy (non-hydrogen) atoms. The van der Waals surface area contributed by atoms with Crippen LogP contribution < -0.4 is 5.32 Å². The Morgan fingerprint density at radius 3 is 1.19 bits per heavy atom. The van der Waals surface area contributed by atoms with E-state index >= 15 is 0 Å². The first-order valence-electron chi connectivity index (χ1n) is 29.6. The third-order valence-electron chi connectivity index (χ3n) is 14.3. The van der Waals surface area contributed by atoms with Crippen LogP contribution in [0.5, 0.6) is 0 Å². The molecule has 7 unspecified atom stereocenters. The number of amides is 1. The molecule has 0 aliphatic carbocycles. The van der Waals surface area contributed by atoms with E-state index in [1.165, 1.54) is 231 Å². The van der Waals surface area contributed by atoms with Crippen molar-refractivity contribution < 1.29 is 39.8 Å². The summed E-state index contributed by atoms with van der Waals surface area (Å²) in [5.74, 6) is -0.175. The van der Waals surface area contributed by atoms with E-state index in [2.05, 4.69) is 31.3 Å². The molecule has 0 saturated carbocycles. The lowest BCUT2D eigenvalue weighted by atomic mass is 9.99. The van der Waals surface area contributed by atoms with Gasteiger partial charge in [0.2, 0.25) is 5.91 Å². The number of nitrogens with one attached hydrogen (secondary N) is 1. The van der Waals surface area contributed by atoms with E-state index in [-0.39, 0.29) is 12.5 Å². The molecule has 1 amide bonds. The monoisotopic (exact) mass is 964 g/mol. The van der Waals surface area contributed by atoms with Crippen LogP contribution in [-0.4, -0.2) is 87.5 Å². The van der Waals surface area contributed by atoms with Crippen molar-refractivity contribution in [3.8, 4) is 0 Å². The van der Waals surface area contributed by atoms with Gasteiger partial charge in [-0.1, -0.05) is 263 Å². The van der Waals surface area contributed by atoms with Crippen molar-refractivity contribution in [1.29, 1.82) is 0 Å². The summed E-state index contributed by atoms with van der Waals surface area (Å²) in [6, 6.07) is -0.804. The second kappa shape index (κ2) is 49.3. The molecule has 1 aliphatic rings. The quantitative estimate of drug-likeness (QED) is 0.0261. The number of unbranched alkanes of at least 4 members (excludes halogenated alkanes) is 39. The molecular weight excluding hydrogens is 851 g/mol. The fourth-order valence-corrected chi connectivity index (χ4v) is 9.57. The fraction of sp³-hybridized carbons (Fsp3) is 0.915. The van der Waals surface area contributed by atoms with Crippen LogP contribution in [0.2, 0.25) is 0 Å². The molecule has 0 spiro atoms. The van der Waals surface area contributed by atoms with E-state index in [4.69, 9.17) is 9.47 Å². The summed E-state index contributed by atoms with van der Waals surface area (Å²) in [6.45, 7) is 3.81. The lowest BCUT2D eigenvalue weighted by Gasteiger charge is -2.40. The summed E-state index contributed by atoms with van der Waals surface area (Å²) < 4.78 is 11.3. The molecule has 0 aromatic carbocycles. The van der Waals surface area contributed by atoms with Gasteiger partial charge in [-0.05, 0) is 44.9 Å². The van der Waals surface area contributed by atoms with Crippen LogP contribution in [0, 0.1) is 0 Å². The highest BCUT2D eigenvalue weighted by Crippen LogP contribution is 2.23. The van der Waals surface area contributed by atoms with Crippen molar-refractivity contribution in [3.05, 3.63) is 24.3 Å². The highest BCUT2D eigenvalue weighted by molar-refractivity contribution is 5.76. The van der Waals surface area contributed by atoms with Crippen LogP contribution in [0.4, 0.5) is 0 Å². The molecular formula is C59H113NO8. The van der Waals surface area contributed by atoms with E-state index in [9.17, 15) is 30.3 Å². The van der Waals surface area contributed by atoms with Crippen LogP contribution >= 0.6 is 0 Å². The Labute approximate surface area is 419 Å². The zero-order valence-electron chi connectivity index (χ0n) is 44.6. The third-order valence-corrected chi connectivity index (χ3v) is 14.3. The van der Waals surface area contributed by atoms with Crippen molar-refractivity contribution in [2.75, 3.05) is 13.2 Å². The van der Waals surface area contributed by atoms with Crippen LogP contribution in [0.15, 0.2) is 24.3 Å². The summed E-state index contributed by atoms with van der Waals surface area (Å²) in [6.07, 6.45) is 55.3. The SMILES string of the molecule is CCCCCCCC/C=C\CCCCCCCCCCCC(=O)NC(COC1OC(CO)C(O)C(O)C1O)C(O)/C=C/CCCCCCCCCCCCCCCCCCCCCCCCCC. The Kier molecular flexibility index (Phi) is 46.9. The molecule has 1 aliphatic heterocycles. The minimum Gasteiger partial charge on any atom is -0.394 e. The van der Waals surface area contributed by atoms with Crippen LogP contribution in [0.1, 0.15) is 290 Å². The largest absolute Gasteiger partial charge is 0.394 e. The average molecular weight is 965 g/mol. The maximum atomic E-state index is 13.0. The lowest BCUT2D eigenvalue weighted by Crippen LogP contribution is -2.60. The van der Waals surface area contributed by atoms with Gasteiger partial charge in [0.1, 0.15) is 24.4 Å². The smallest absolute Gasteiger partial charge is 0.220 e. The van der Waals surface area contributed by atoms with Crippen molar-refractivity contribution >= 4 is 5.91 Å². The summed E-state index contributed by atoms with van der Waals surface area (Å²) >= 11 is 0. The maximum absolute atomic E-state index is 13.0. The fourth-order valence-electron chi connectivity index (χ4n) is 9.57. The molecule has 0 aromatic rings. The van der Waals surface area contributed by atoms with Crippen molar-refractivity contribution in [2.24, 2.45) is 0 Å². The van der Waals surface area contributed by atoms with Crippen LogP contribution in [0.3, 0.4) is 0 Å². The van der Waals surface area contributed by atoms with Gasteiger partial charge in [-0.3, -0.25) is 4.79 Å². The molecule has 7 atom stereocenters. The van der Waals surface area contributed by atoms with Crippen molar-refractivity contribution in [3.63, 3.8) is 0 Å². The van der Waals surface area contributed by atoms with E-state index in [0.29, 0.717) is 6.42 Å². The molecule has 9 nitrogen and oxygen atoms in total. The van der Waals surface area contributed by atoms with E-state index in [1.54, 1.807) is 6.08 Å². The summed E-state index contributed by atoms with van der Waals surface area (Å²) in [5, 5.41) is 54.5. The molecule has 1 saturated heterocycles. The Morgan fingerprint density at radius 1 is 0.485 bits per heavy atom. The highest BCUT2D eigenvalue weighted by atomic mass is 16.7. The minimum absolute atomic E-state index is 0.175. The predicted molar refractivity (Wildman–Crippen MR) is 286 cm³/mol. The molecule has 0 aromatic heterocycles. The van der Waals surface area contributed by atoms with E-state index in [0.717, 1.165) is 38.5 Å². The topological polar surface area (TPSA) is 149 Å². The molecule has 0 radical (unpaired) electrons. The van der Waals surface area contributed by atoms with Gasteiger partial charge in [-0.25, -0.2) is 0 Å². The molecule has 402 valence electrons. The van der Waals surface area contributed by atoms with Gasteiger partial charge < -0.3 is 40.3 Å². The van der Waals surface area contributed by atoms with Gasteiger partial charge in [-0.2, -0.15) is 0 Å². The number of hydrogen-bond donors (Lipinski definition) is 6. The standard InChI is InChI=1S/C59H113NO8/c1-3-5-7-9-11-13-15-17-19-21-23-24-25-26-27-28-29-31-32-34-36-38-40-42-44-46-48-53(62)52(51-67-59-58(66)57(65)56(64)54(50-61)68-59)60-55(63)49-47-45-43-41-39-37-35-33-30-22-20-18-16-14-12-10-8-6-4-2/h18,20,46,48,52-54,56-59,61-62,64-66H,3-17,19,21-45,47,49-51H2,1-2H3,(H,60,63)/b20-18-,48-46+. The van der Waals surface area contributed by atoms with Crippen molar-refractivity contribution in [2.45, 2.75) is 333 Å². The lowest BCUT2D eigenvalue weighted by molar-refractivity contribution is -0.302. The van der Waals surface area contributed by atoms with Gasteiger partial charge in [0, 0.05) is 6.42 Å². The third kappa shape index (κ3) is 38.4. The number of carbonyl (C=O) groups is 1. The second-order valence-electron chi connectivity index (χ2n) is 20.8. The van der Waals surface area contributed by atoms with Gasteiger partial charge in [0.05, 0.1) is 25.4 Å². The van der Waals surface area contributed by atoms with Gasteiger partial charge in [-0.15, -0.1) is 0 Å². The first-order chi connectivity index (χ1) is 33.3. The number of aliphatic hydroxyl groups is 5. The summed E-state index contributed by atoms with van der Waals surface area (Å²) in [4.78, 5) is 13.0. The average Bonchev–Trinajstić information content (AvgIpc) is 3.34. The normalized spacial score (nSPS) is 19.7. The first-order valence-corrected chi connectivity index (χ1v) is 29.6. The Balaban J connectivity index is 2.21. The number of carbonyl (C=O) groups excluding carboxylic acids is 1.